The molecule has 31 heavy (non-hydrogen) atoms. The molecule has 176 valence electrons. The Morgan fingerprint density at radius 2 is 2.16 bits per heavy atom. The summed E-state index contributed by atoms with van der Waals surface area (Å²) in [5, 5.41) is 17.7. The van der Waals surface area contributed by atoms with Gasteiger partial charge >= 0.3 is 6.09 Å². The molecule has 2 heterocycles. The largest absolute Gasteiger partial charge is 0.449 e. The number of hydrogen-bond acceptors (Lipinski definition) is 7. The molecule has 2 rings (SSSR count). The summed E-state index contributed by atoms with van der Waals surface area (Å²) < 4.78 is 13.3. The van der Waals surface area contributed by atoms with Gasteiger partial charge < -0.3 is 24.4 Å². The van der Waals surface area contributed by atoms with Gasteiger partial charge in [0.15, 0.2) is 0 Å². The normalized spacial score (nSPS) is 21.8. The van der Waals surface area contributed by atoms with Crippen LogP contribution in [0.2, 0.25) is 0 Å². The number of amides is 2. The van der Waals surface area contributed by atoms with Gasteiger partial charge in [-0.2, -0.15) is 0 Å². The maximum atomic E-state index is 12.9. The fourth-order valence-corrected chi connectivity index (χ4v) is 3.44. The Morgan fingerprint density at radius 3 is 2.84 bits per heavy atom. The van der Waals surface area contributed by atoms with Crippen LogP contribution in [-0.2, 0) is 27.4 Å². The monoisotopic (exact) mass is 439 g/mol. The minimum atomic E-state index is -0.404. The molecule has 1 aliphatic heterocycles. The number of aromatic nitrogens is 3. The number of ether oxygens (including phenoxy) is 2. The smallest absolute Gasteiger partial charge is 0.409 e. The number of carbonyl (C=O) groups excluding carboxylic acids is 2. The number of aliphatic hydroxyl groups is 1. The average Bonchev–Trinajstić information content (AvgIpc) is 3.18. The van der Waals surface area contributed by atoms with Crippen molar-refractivity contribution in [3.05, 3.63) is 11.9 Å². The summed E-state index contributed by atoms with van der Waals surface area (Å²) in [6.45, 7) is 9.64. The molecule has 0 fully saturated rings. The van der Waals surface area contributed by atoms with E-state index < -0.39 is 6.09 Å². The number of fused-ring (bicyclic) bond motifs is 1. The summed E-state index contributed by atoms with van der Waals surface area (Å²) in [5.74, 6) is 0.155. The van der Waals surface area contributed by atoms with Crippen molar-refractivity contribution in [1.82, 2.24) is 24.8 Å². The fourth-order valence-electron chi connectivity index (χ4n) is 3.44. The first kappa shape index (κ1) is 25.1. The van der Waals surface area contributed by atoms with Crippen molar-refractivity contribution in [2.45, 2.75) is 65.8 Å². The van der Waals surface area contributed by atoms with E-state index in [0.29, 0.717) is 45.7 Å². The summed E-state index contributed by atoms with van der Waals surface area (Å²) in [4.78, 5) is 28.4. The van der Waals surface area contributed by atoms with Crippen molar-refractivity contribution in [3.63, 3.8) is 0 Å². The summed E-state index contributed by atoms with van der Waals surface area (Å²) >= 11 is 0. The summed E-state index contributed by atoms with van der Waals surface area (Å²) in [6, 6.07) is -0.297. The van der Waals surface area contributed by atoms with Crippen LogP contribution >= 0.6 is 0 Å². The van der Waals surface area contributed by atoms with E-state index in [2.05, 4.69) is 10.3 Å². The first-order valence-corrected chi connectivity index (χ1v) is 11.0. The molecule has 1 N–H and O–H groups in total. The molecule has 0 aliphatic carbocycles. The molecule has 1 aliphatic rings. The fraction of sp³-hybridized carbons (Fsp3) is 0.810. The Morgan fingerprint density at radius 1 is 1.42 bits per heavy atom. The number of nitrogens with zero attached hydrogens (tertiary/aromatic N) is 5. The van der Waals surface area contributed by atoms with Gasteiger partial charge in [-0.25, -0.2) is 9.48 Å². The molecule has 0 saturated heterocycles. The number of hydrogen-bond donors (Lipinski definition) is 1. The van der Waals surface area contributed by atoms with Crippen molar-refractivity contribution < 1.29 is 24.2 Å². The molecule has 2 amide bonds. The quantitative estimate of drug-likeness (QED) is 0.716. The van der Waals surface area contributed by atoms with Gasteiger partial charge in [0, 0.05) is 32.5 Å². The Balaban J connectivity index is 2.19. The second-order valence-electron chi connectivity index (χ2n) is 8.81. The molecule has 1 aromatic rings. The van der Waals surface area contributed by atoms with Crippen molar-refractivity contribution in [2.24, 2.45) is 11.8 Å². The van der Waals surface area contributed by atoms with Crippen LogP contribution in [0.25, 0.3) is 0 Å². The number of likely N-dealkylation sites (N-methyl/N-ethyl adjacent to an activating group) is 1. The van der Waals surface area contributed by atoms with Gasteiger partial charge in [0.2, 0.25) is 5.91 Å². The lowest BCUT2D eigenvalue weighted by Gasteiger charge is -2.35. The van der Waals surface area contributed by atoms with Crippen LogP contribution in [0.4, 0.5) is 4.79 Å². The Hall–Kier alpha value is -2.20. The molecular weight excluding hydrogens is 402 g/mol. The van der Waals surface area contributed by atoms with E-state index in [4.69, 9.17) is 9.47 Å². The van der Waals surface area contributed by atoms with Crippen LogP contribution in [0.3, 0.4) is 0 Å². The second-order valence-corrected chi connectivity index (χ2v) is 8.81. The van der Waals surface area contributed by atoms with Crippen LogP contribution in [0.1, 0.15) is 46.2 Å². The zero-order valence-electron chi connectivity index (χ0n) is 19.4. The number of aryl methyl sites for hydroxylation is 1. The average molecular weight is 440 g/mol. The van der Waals surface area contributed by atoms with Crippen molar-refractivity contribution >= 4 is 12.0 Å². The van der Waals surface area contributed by atoms with Crippen LogP contribution in [0.5, 0.6) is 0 Å². The third kappa shape index (κ3) is 7.46. The van der Waals surface area contributed by atoms with Gasteiger partial charge in [0.05, 0.1) is 50.4 Å². The van der Waals surface area contributed by atoms with Crippen LogP contribution < -0.4 is 0 Å². The standard InChI is InChI=1S/C21H37N5O5/c1-15(2)13-31-21(29)24(5)11-19-16(3)10-25(17(4)12-27)20(28)7-6-8-26-18(14-30-19)9-22-23-26/h9,15-17,19,27H,6-8,10-14H2,1-5H3/t16-,17+,19-/m0/s1. The Bertz CT molecular complexity index is 710. The highest BCUT2D eigenvalue weighted by atomic mass is 16.6. The van der Waals surface area contributed by atoms with Crippen LogP contribution in [-0.4, -0.2) is 87.4 Å². The highest BCUT2D eigenvalue weighted by molar-refractivity contribution is 5.76. The van der Waals surface area contributed by atoms with Gasteiger partial charge in [0.1, 0.15) is 0 Å². The van der Waals surface area contributed by atoms with Crippen molar-refractivity contribution in [3.8, 4) is 0 Å². The van der Waals surface area contributed by atoms with Crippen molar-refractivity contribution in [2.75, 3.05) is 33.4 Å². The van der Waals surface area contributed by atoms with E-state index in [-0.39, 0.29) is 36.5 Å². The lowest BCUT2D eigenvalue weighted by molar-refractivity contribution is -0.136. The summed E-state index contributed by atoms with van der Waals surface area (Å²) in [5.41, 5.74) is 0.829. The third-order valence-corrected chi connectivity index (χ3v) is 5.45. The maximum Gasteiger partial charge on any atom is 0.409 e. The number of rotatable bonds is 6. The highest BCUT2D eigenvalue weighted by Gasteiger charge is 2.29. The maximum absolute atomic E-state index is 12.9. The lowest BCUT2D eigenvalue weighted by atomic mass is 10.0. The number of carbonyl (C=O) groups is 2. The molecule has 10 nitrogen and oxygen atoms in total. The van der Waals surface area contributed by atoms with E-state index in [9.17, 15) is 14.7 Å². The van der Waals surface area contributed by atoms with E-state index in [0.717, 1.165) is 5.69 Å². The van der Waals surface area contributed by atoms with E-state index in [1.165, 1.54) is 4.90 Å². The minimum absolute atomic E-state index is 0.0147. The zero-order chi connectivity index (χ0) is 23.0. The van der Waals surface area contributed by atoms with E-state index >= 15 is 0 Å². The van der Waals surface area contributed by atoms with Crippen LogP contribution in [0.15, 0.2) is 6.20 Å². The first-order valence-electron chi connectivity index (χ1n) is 11.0. The summed E-state index contributed by atoms with van der Waals surface area (Å²) in [7, 11) is 1.68. The molecule has 0 radical (unpaired) electrons. The molecule has 3 atom stereocenters. The molecule has 0 spiro atoms. The van der Waals surface area contributed by atoms with Gasteiger partial charge in [-0.1, -0.05) is 26.0 Å². The Kier molecular flexibility index (Phi) is 9.70. The van der Waals surface area contributed by atoms with Gasteiger partial charge in [0.25, 0.3) is 0 Å². The molecule has 0 unspecified atom stereocenters. The topological polar surface area (TPSA) is 110 Å². The molecule has 1 aromatic heterocycles. The lowest BCUT2D eigenvalue weighted by Crippen LogP contribution is -2.48. The molecular formula is C21H37N5O5. The third-order valence-electron chi connectivity index (χ3n) is 5.45. The number of aliphatic hydroxyl groups excluding tert-OH is 1. The molecule has 0 aromatic carbocycles. The SMILES string of the molecule is CC(C)COC(=O)N(C)C[C@@H]1OCc2cnnn2CCCC(=O)N([C@H](C)CO)C[C@@H]1C. The van der Waals surface area contributed by atoms with Crippen LogP contribution in [0, 0.1) is 11.8 Å². The van der Waals surface area contributed by atoms with Gasteiger partial charge in [-0.3, -0.25) is 4.79 Å². The van der Waals surface area contributed by atoms with E-state index in [1.54, 1.807) is 22.8 Å². The highest BCUT2D eigenvalue weighted by Crippen LogP contribution is 2.18. The van der Waals surface area contributed by atoms with Gasteiger partial charge in [-0.05, 0) is 19.3 Å². The first-order chi connectivity index (χ1) is 14.7. The van der Waals surface area contributed by atoms with E-state index in [1.807, 2.05) is 27.7 Å². The predicted octanol–water partition coefficient (Wildman–Crippen LogP) is 1.53. The summed E-state index contributed by atoms with van der Waals surface area (Å²) in [6.07, 6.45) is 1.91. The molecule has 0 bridgehead atoms. The second kappa shape index (κ2) is 12.0. The predicted molar refractivity (Wildman–Crippen MR) is 114 cm³/mol. The molecule has 10 heteroatoms. The Labute approximate surface area is 184 Å². The van der Waals surface area contributed by atoms with Crippen molar-refractivity contribution in [1.29, 1.82) is 0 Å². The molecule has 0 saturated carbocycles. The minimum Gasteiger partial charge on any atom is -0.449 e. The zero-order valence-corrected chi connectivity index (χ0v) is 19.4. The van der Waals surface area contributed by atoms with Gasteiger partial charge in [-0.15, -0.1) is 5.10 Å².